The molecule has 74 valence electrons. The molecule has 0 spiro atoms. The van der Waals surface area contributed by atoms with Gasteiger partial charge in [-0.2, -0.15) is 4.98 Å². The summed E-state index contributed by atoms with van der Waals surface area (Å²) in [6.45, 7) is 4.43. The summed E-state index contributed by atoms with van der Waals surface area (Å²) in [5.74, 6) is 0.685. The SMILES string of the molecule is CC(O)C(C)NCCc1ncon1. The average molecular weight is 185 g/mol. The molecule has 1 aromatic heterocycles. The zero-order valence-corrected chi connectivity index (χ0v) is 7.90. The fraction of sp³-hybridized carbons (Fsp3) is 0.750. The summed E-state index contributed by atoms with van der Waals surface area (Å²) in [7, 11) is 0. The van der Waals surface area contributed by atoms with Crippen LogP contribution in [0.3, 0.4) is 0 Å². The summed E-state index contributed by atoms with van der Waals surface area (Å²) in [6, 6.07) is 0.0897. The second-order valence-corrected chi connectivity index (χ2v) is 3.08. The summed E-state index contributed by atoms with van der Waals surface area (Å²) in [4.78, 5) is 3.88. The molecule has 5 nitrogen and oxygen atoms in total. The predicted molar refractivity (Wildman–Crippen MR) is 47.1 cm³/mol. The fourth-order valence-corrected chi connectivity index (χ4v) is 0.885. The second kappa shape index (κ2) is 4.94. The van der Waals surface area contributed by atoms with Crippen LogP contribution < -0.4 is 5.32 Å². The van der Waals surface area contributed by atoms with E-state index >= 15 is 0 Å². The topological polar surface area (TPSA) is 71.2 Å². The van der Waals surface area contributed by atoms with E-state index in [1.165, 1.54) is 6.39 Å². The number of nitrogens with one attached hydrogen (secondary N) is 1. The van der Waals surface area contributed by atoms with Gasteiger partial charge in [-0.15, -0.1) is 0 Å². The van der Waals surface area contributed by atoms with Crippen LogP contribution in [0, 0.1) is 0 Å². The first-order valence-electron chi connectivity index (χ1n) is 4.37. The van der Waals surface area contributed by atoms with E-state index in [1.54, 1.807) is 6.92 Å². The highest BCUT2D eigenvalue weighted by Crippen LogP contribution is 1.92. The Labute approximate surface area is 77.2 Å². The van der Waals surface area contributed by atoms with E-state index in [0.717, 1.165) is 6.54 Å². The molecule has 0 radical (unpaired) electrons. The third-order valence-corrected chi connectivity index (χ3v) is 1.95. The van der Waals surface area contributed by atoms with Gasteiger partial charge in [0.1, 0.15) is 0 Å². The molecule has 2 N–H and O–H groups in total. The van der Waals surface area contributed by atoms with Gasteiger partial charge in [-0.1, -0.05) is 5.16 Å². The van der Waals surface area contributed by atoms with Crippen molar-refractivity contribution in [2.75, 3.05) is 6.54 Å². The van der Waals surface area contributed by atoms with Crippen molar-refractivity contribution < 1.29 is 9.63 Å². The summed E-state index contributed by atoms with van der Waals surface area (Å²) in [5, 5.41) is 16.0. The van der Waals surface area contributed by atoms with Gasteiger partial charge < -0.3 is 14.9 Å². The van der Waals surface area contributed by atoms with Crippen LogP contribution in [0.1, 0.15) is 19.7 Å². The van der Waals surface area contributed by atoms with Gasteiger partial charge in [-0.3, -0.25) is 0 Å². The van der Waals surface area contributed by atoms with Crippen LogP contribution in [-0.4, -0.2) is 33.9 Å². The predicted octanol–water partition coefficient (Wildman–Crippen LogP) is -0.0290. The quantitative estimate of drug-likeness (QED) is 0.674. The van der Waals surface area contributed by atoms with Gasteiger partial charge in [0, 0.05) is 19.0 Å². The van der Waals surface area contributed by atoms with Crippen molar-refractivity contribution in [2.45, 2.75) is 32.4 Å². The normalized spacial score (nSPS) is 15.6. The molecule has 1 aromatic rings. The molecule has 0 bridgehead atoms. The van der Waals surface area contributed by atoms with Crippen LogP contribution in [-0.2, 0) is 6.42 Å². The van der Waals surface area contributed by atoms with Gasteiger partial charge in [-0.25, -0.2) is 0 Å². The number of aliphatic hydroxyl groups is 1. The number of aromatic nitrogens is 2. The molecule has 0 fully saturated rings. The monoisotopic (exact) mass is 185 g/mol. The molecule has 0 saturated heterocycles. The standard InChI is InChI=1S/C8H15N3O2/c1-6(7(2)12)9-4-3-8-10-5-13-11-8/h5-7,9,12H,3-4H2,1-2H3. The molecule has 1 heterocycles. The maximum absolute atomic E-state index is 9.17. The lowest BCUT2D eigenvalue weighted by Crippen LogP contribution is -2.36. The maximum atomic E-state index is 9.17. The van der Waals surface area contributed by atoms with Gasteiger partial charge in [0.25, 0.3) is 0 Å². The van der Waals surface area contributed by atoms with Crippen LogP contribution >= 0.6 is 0 Å². The summed E-state index contributed by atoms with van der Waals surface area (Å²) in [5.41, 5.74) is 0. The molecule has 0 amide bonds. The number of rotatable bonds is 5. The van der Waals surface area contributed by atoms with Crippen LogP contribution in [0.25, 0.3) is 0 Å². The van der Waals surface area contributed by atoms with Crippen LogP contribution in [0.2, 0.25) is 0 Å². The third-order valence-electron chi connectivity index (χ3n) is 1.95. The lowest BCUT2D eigenvalue weighted by atomic mass is 10.2. The fourth-order valence-electron chi connectivity index (χ4n) is 0.885. The van der Waals surface area contributed by atoms with Gasteiger partial charge in [0.05, 0.1) is 6.10 Å². The zero-order valence-electron chi connectivity index (χ0n) is 7.90. The van der Waals surface area contributed by atoms with E-state index < -0.39 is 0 Å². The molecular formula is C8H15N3O2. The molecule has 2 unspecified atom stereocenters. The number of aliphatic hydroxyl groups excluding tert-OH is 1. The Bertz CT molecular complexity index is 223. The van der Waals surface area contributed by atoms with Crippen molar-refractivity contribution >= 4 is 0 Å². The van der Waals surface area contributed by atoms with E-state index in [-0.39, 0.29) is 12.1 Å². The van der Waals surface area contributed by atoms with E-state index in [2.05, 4.69) is 20.0 Å². The van der Waals surface area contributed by atoms with E-state index in [0.29, 0.717) is 12.2 Å². The zero-order chi connectivity index (χ0) is 9.68. The lowest BCUT2D eigenvalue weighted by Gasteiger charge is -2.15. The van der Waals surface area contributed by atoms with Crippen molar-refractivity contribution in [3.05, 3.63) is 12.2 Å². The minimum atomic E-state index is -0.342. The van der Waals surface area contributed by atoms with Crippen molar-refractivity contribution in [2.24, 2.45) is 0 Å². The minimum absolute atomic E-state index is 0.0897. The van der Waals surface area contributed by atoms with E-state index in [1.807, 2.05) is 6.92 Å². The second-order valence-electron chi connectivity index (χ2n) is 3.08. The third kappa shape index (κ3) is 3.52. The largest absolute Gasteiger partial charge is 0.392 e. The van der Waals surface area contributed by atoms with Crippen LogP contribution in [0.4, 0.5) is 0 Å². The van der Waals surface area contributed by atoms with E-state index in [9.17, 15) is 0 Å². The summed E-state index contributed by atoms with van der Waals surface area (Å²) in [6.07, 6.45) is 1.69. The molecule has 2 atom stereocenters. The Morgan fingerprint density at radius 3 is 2.92 bits per heavy atom. The Kier molecular flexibility index (Phi) is 3.85. The average Bonchev–Trinajstić information content (AvgIpc) is 2.56. The number of hydrogen-bond donors (Lipinski definition) is 2. The number of hydrogen-bond acceptors (Lipinski definition) is 5. The van der Waals surface area contributed by atoms with Gasteiger partial charge in [0.2, 0.25) is 6.39 Å². The highest BCUT2D eigenvalue weighted by molar-refractivity contribution is 4.79. The molecule has 13 heavy (non-hydrogen) atoms. The first-order chi connectivity index (χ1) is 6.20. The van der Waals surface area contributed by atoms with Crippen molar-refractivity contribution in [3.8, 4) is 0 Å². The molecule has 0 aromatic carbocycles. The highest BCUT2D eigenvalue weighted by atomic mass is 16.5. The molecule has 0 aliphatic carbocycles. The highest BCUT2D eigenvalue weighted by Gasteiger charge is 2.07. The lowest BCUT2D eigenvalue weighted by molar-refractivity contribution is 0.153. The number of nitrogens with zero attached hydrogens (tertiary/aromatic N) is 2. The smallest absolute Gasteiger partial charge is 0.213 e. The van der Waals surface area contributed by atoms with Gasteiger partial charge in [-0.05, 0) is 13.8 Å². The summed E-state index contributed by atoms with van der Waals surface area (Å²) >= 11 is 0. The Hall–Kier alpha value is -0.940. The van der Waals surface area contributed by atoms with Crippen molar-refractivity contribution in [1.29, 1.82) is 0 Å². The van der Waals surface area contributed by atoms with Crippen LogP contribution in [0.5, 0.6) is 0 Å². The molecular weight excluding hydrogens is 170 g/mol. The molecule has 0 aliphatic heterocycles. The first-order valence-corrected chi connectivity index (χ1v) is 4.37. The van der Waals surface area contributed by atoms with Crippen LogP contribution in [0.15, 0.2) is 10.9 Å². The summed E-state index contributed by atoms with van der Waals surface area (Å²) < 4.78 is 4.58. The molecule has 0 aliphatic rings. The molecule has 0 saturated carbocycles. The Morgan fingerprint density at radius 2 is 2.38 bits per heavy atom. The molecule has 5 heteroatoms. The maximum Gasteiger partial charge on any atom is 0.213 e. The van der Waals surface area contributed by atoms with E-state index in [4.69, 9.17) is 5.11 Å². The molecule has 1 rings (SSSR count). The van der Waals surface area contributed by atoms with Crippen molar-refractivity contribution in [1.82, 2.24) is 15.5 Å². The van der Waals surface area contributed by atoms with Gasteiger partial charge >= 0.3 is 0 Å². The Balaban J connectivity index is 2.14. The first kappa shape index (κ1) is 10.1. The minimum Gasteiger partial charge on any atom is -0.392 e. The van der Waals surface area contributed by atoms with Gasteiger partial charge in [0.15, 0.2) is 5.82 Å². The Morgan fingerprint density at radius 1 is 1.62 bits per heavy atom. The van der Waals surface area contributed by atoms with Crippen molar-refractivity contribution in [3.63, 3.8) is 0 Å².